The van der Waals surface area contributed by atoms with Crippen LogP contribution in [-0.4, -0.2) is 61.5 Å². The monoisotopic (exact) mass is 345 g/mol. The summed E-state index contributed by atoms with van der Waals surface area (Å²) in [5.74, 6) is 0. The number of morpholine rings is 1. The molecule has 3 aliphatic rings. The second kappa shape index (κ2) is 7.23. The third-order valence-corrected chi connectivity index (χ3v) is 6.34. The van der Waals surface area contributed by atoms with E-state index in [1.807, 2.05) is 0 Å². The van der Waals surface area contributed by atoms with Gasteiger partial charge in [-0.05, 0) is 49.8 Å². The van der Waals surface area contributed by atoms with Crippen molar-refractivity contribution in [3.05, 3.63) is 29.8 Å². The quantitative estimate of drug-likeness (QED) is 0.873. The predicted molar refractivity (Wildman–Crippen MR) is 99.8 cm³/mol. The Hall–Kier alpha value is -1.14. The molecule has 0 unspecified atom stereocenters. The van der Waals surface area contributed by atoms with E-state index in [1.165, 1.54) is 5.69 Å². The smallest absolute Gasteiger partial charge is 0.0897 e. The van der Waals surface area contributed by atoms with Crippen molar-refractivity contribution in [2.75, 3.05) is 44.3 Å². The highest BCUT2D eigenvalue weighted by molar-refractivity contribution is 5.48. The third-order valence-electron chi connectivity index (χ3n) is 6.34. The largest absolute Gasteiger partial charge is 0.385 e. The Morgan fingerprint density at radius 3 is 2.28 bits per heavy atom. The number of aliphatic hydroxyl groups is 1. The van der Waals surface area contributed by atoms with Gasteiger partial charge in [-0.1, -0.05) is 12.1 Å². The number of hydrogen-bond acceptors (Lipinski definition) is 5. The molecule has 0 bridgehead atoms. The molecule has 138 valence electrons. The minimum absolute atomic E-state index is 0.341. The second-order valence-corrected chi connectivity index (χ2v) is 7.95. The fraction of sp³-hybridized carbons (Fsp3) is 0.700. The number of likely N-dealkylation sites (tertiary alicyclic amines) is 1. The molecular weight excluding hydrogens is 314 g/mol. The van der Waals surface area contributed by atoms with Crippen molar-refractivity contribution in [2.24, 2.45) is 5.73 Å². The molecule has 3 fully saturated rings. The maximum Gasteiger partial charge on any atom is 0.0897 e. The summed E-state index contributed by atoms with van der Waals surface area (Å²) in [5.41, 5.74) is 7.69. The van der Waals surface area contributed by atoms with Crippen LogP contribution in [0.2, 0.25) is 0 Å². The van der Waals surface area contributed by atoms with Crippen LogP contribution in [0.3, 0.4) is 0 Å². The van der Waals surface area contributed by atoms with Crippen LogP contribution in [0.25, 0.3) is 0 Å². The molecule has 2 heterocycles. The normalized spacial score (nSPS) is 34.4. The summed E-state index contributed by atoms with van der Waals surface area (Å²) in [6.45, 7) is 5.64. The Balaban J connectivity index is 1.38. The SMILES string of the molecule is N[C@@H]1CCN(C2CCC(O)(c3ccc(N4CCOCC4)cc3)CC2)C1. The minimum Gasteiger partial charge on any atom is -0.385 e. The van der Waals surface area contributed by atoms with Gasteiger partial charge in [0.15, 0.2) is 0 Å². The van der Waals surface area contributed by atoms with Gasteiger partial charge in [0.05, 0.1) is 18.8 Å². The molecule has 3 N–H and O–H groups in total. The van der Waals surface area contributed by atoms with Crippen molar-refractivity contribution in [3.63, 3.8) is 0 Å². The zero-order chi connectivity index (χ0) is 17.3. The van der Waals surface area contributed by atoms with Crippen LogP contribution in [0.1, 0.15) is 37.7 Å². The number of ether oxygens (including phenoxy) is 1. The van der Waals surface area contributed by atoms with E-state index in [1.54, 1.807) is 0 Å². The molecule has 25 heavy (non-hydrogen) atoms. The van der Waals surface area contributed by atoms with E-state index in [4.69, 9.17) is 10.5 Å². The van der Waals surface area contributed by atoms with E-state index in [0.29, 0.717) is 12.1 Å². The highest BCUT2D eigenvalue weighted by atomic mass is 16.5. The van der Waals surface area contributed by atoms with E-state index < -0.39 is 5.60 Å². The average molecular weight is 345 g/mol. The Kier molecular flexibility index (Phi) is 5.00. The topological polar surface area (TPSA) is 62.0 Å². The fourth-order valence-corrected chi connectivity index (χ4v) is 4.69. The van der Waals surface area contributed by atoms with Gasteiger partial charge in [-0.15, -0.1) is 0 Å². The van der Waals surface area contributed by atoms with Crippen LogP contribution in [-0.2, 0) is 10.3 Å². The Morgan fingerprint density at radius 1 is 1.00 bits per heavy atom. The molecule has 0 spiro atoms. The first-order chi connectivity index (χ1) is 12.1. The zero-order valence-corrected chi connectivity index (χ0v) is 15.1. The van der Waals surface area contributed by atoms with Crippen LogP contribution in [0.5, 0.6) is 0 Å². The fourth-order valence-electron chi connectivity index (χ4n) is 4.69. The Morgan fingerprint density at radius 2 is 1.68 bits per heavy atom. The summed E-state index contributed by atoms with van der Waals surface area (Å²) in [6.07, 6.45) is 4.94. The van der Waals surface area contributed by atoms with Crippen molar-refractivity contribution in [1.82, 2.24) is 4.90 Å². The molecule has 1 aromatic rings. The summed E-state index contributed by atoms with van der Waals surface area (Å²) < 4.78 is 5.42. The van der Waals surface area contributed by atoms with Gasteiger partial charge in [-0.25, -0.2) is 0 Å². The molecule has 1 atom stereocenters. The highest BCUT2D eigenvalue weighted by Crippen LogP contribution is 2.39. The second-order valence-electron chi connectivity index (χ2n) is 7.95. The summed E-state index contributed by atoms with van der Waals surface area (Å²) in [4.78, 5) is 4.89. The lowest BCUT2D eigenvalue weighted by Crippen LogP contribution is -2.42. The molecule has 1 saturated carbocycles. The number of rotatable bonds is 3. The minimum atomic E-state index is -0.665. The zero-order valence-electron chi connectivity index (χ0n) is 15.1. The van der Waals surface area contributed by atoms with E-state index in [9.17, 15) is 5.11 Å². The molecule has 0 radical (unpaired) electrons. The number of anilines is 1. The molecule has 1 aliphatic carbocycles. The third kappa shape index (κ3) is 3.70. The van der Waals surface area contributed by atoms with Gasteiger partial charge >= 0.3 is 0 Å². The van der Waals surface area contributed by atoms with Crippen molar-refractivity contribution in [1.29, 1.82) is 0 Å². The molecule has 2 aliphatic heterocycles. The first-order valence-corrected chi connectivity index (χ1v) is 9.79. The van der Waals surface area contributed by atoms with E-state index in [2.05, 4.69) is 34.1 Å². The van der Waals surface area contributed by atoms with Crippen molar-refractivity contribution >= 4 is 5.69 Å². The summed E-state index contributed by atoms with van der Waals surface area (Å²) in [5, 5.41) is 11.2. The van der Waals surface area contributed by atoms with Gasteiger partial charge in [0.25, 0.3) is 0 Å². The molecule has 0 amide bonds. The van der Waals surface area contributed by atoms with Gasteiger partial charge in [0.1, 0.15) is 0 Å². The van der Waals surface area contributed by atoms with Gasteiger partial charge in [-0.2, -0.15) is 0 Å². The van der Waals surface area contributed by atoms with Crippen LogP contribution in [0, 0.1) is 0 Å². The lowest BCUT2D eigenvalue weighted by atomic mass is 9.77. The lowest BCUT2D eigenvalue weighted by molar-refractivity contribution is -0.0222. The molecule has 1 aromatic carbocycles. The number of nitrogens with two attached hydrogens (primary N) is 1. The van der Waals surface area contributed by atoms with Crippen molar-refractivity contribution in [2.45, 2.75) is 49.8 Å². The number of benzene rings is 1. The number of nitrogens with zero attached hydrogens (tertiary/aromatic N) is 2. The van der Waals surface area contributed by atoms with E-state index in [0.717, 1.165) is 77.1 Å². The van der Waals surface area contributed by atoms with Crippen molar-refractivity contribution < 1.29 is 9.84 Å². The van der Waals surface area contributed by atoms with E-state index in [-0.39, 0.29) is 0 Å². The molecule has 4 rings (SSSR count). The molecule has 5 nitrogen and oxygen atoms in total. The van der Waals surface area contributed by atoms with Crippen LogP contribution >= 0.6 is 0 Å². The first-order valence-electron chi connectivity index (χ1n) is 9.79. The summed E-state index contributed by atoms with van der Waals surface area (Å²) >= 11 is 0. The lowest BCUT2D eigenvalue weighted by Gasteiger charge is -2.40. The van der Waals surface area contributed by atoms with Gasteiger partial charge < -0.3 is 20.5 Å². The maximum absolute atomic E-state index is 11.2. The molecule has 5 heteroatoms. The van der Waals surface area contributed by atoms with Crippen LogP contribution < -0.4 is 10.6 Å². The van der Waals surface area contributed by atoms with Crippen LogP contribution in [0.15, 0.2) is 24.3 Å². The Labute approximate surface area is 150 Å². The van der Waals surface area contributed by atoms with Crippen LogP contribution in [0.4, 0.5) is 5.69 Å². The van der Waals surface area contributed by atoms with Gasteiger partial charge in [-0.3, -0.25) is 4.90 Å². The standard InChI is InChI=1S/C20H31N3O2/c21-17-7-10-23(15-17)19-5-8-20(24,9-6-19)16-1-3-18(4-2-16)22-11-13-25-14-12-22/h1-4,17,19,24H,5-15,21H2/t17-,19?,20?/m1/s1. The first kappa shape index (κ1) is 17.3. The summed E-state index contributed by atoms with van der Waals surface area (Å²) in [6, 6.07) is 9.50. The highest BCUT2D eigenvalue weighted by Gasteiger charge is 2.38. The summed E-state index contributed by atoms with van der Waals surface area (Å²) in [7, 11) is 0. The van der Waals surface area contributed by atoms with Crippen molar-refractivity contribution in [3.8, 4) is 0 Å². The Bertz CT molecular complexity index is 563. The molecule has 0 aromatic heterocycles. The number of hydrogen-bond donors (Lipinski definition) is 2. The predicted octanol–water partition coefficient (Wildman–Crippen LogP) is 1.69. The molecule has 2 saturated heterocycles. The van der Waals surface area contributed by atoms with Gasteiger partial charge in [0.2, 0.25) is 0 Å². The maximum atomic E-state index is 11.2. The average Bonchev–Trinajstić information content (AvgIpc) is 3.09. The molecular formula is C20H31N3O2. The van der Waals surface area contributed by atoms with E-state index >= 15 is 0 Å². The van der Waals surface area contributed by atoms with Gasteiger partial charge in [0, 0.05) is 44.0 Å².